The summed E-state index contributed by atoms with van der Waals surface area (Å²) in [5.74, 6) is 1.05. The lowest BCUT2D eigenvalue weighted by Crippen LogP contribution is -2.31. The number of rotatable bonds is 9. The number of para-hydroxylation sites is 2. The number of aromatic nitrogens is 2. The van der Waals surface area contributed by atoms with Crippen LogP contribution in [0.5, 0.6) is 0 Å². The normalized spacial score (nSPS) is 19.4. The van der Waals surface area contributed by atoms with Crippen LogP contribution in [-0.4, -0.2) is 50.3 Å². The molecular weight excluding hydrogens is 502 g/mol. The molecule has 3 aromatic carbocycles. The van der Waals surface area contributed by atoms with Crippen molar-refractivity contribution in [1.29, 1.82) is 0 Å². The number of benzene rings is 3. The molecule has 9 heteroatoms. The Morgan fingerprint density at radius 3 is 2.42 bits per heavy atom. The quantitative estimate of drug-likeness (QED) is 0.268. The van der Waals surface area contributed by atoms with E-state index in [1.54, 1.807) is 11.8 Å². The molecule has 0 bridgehead atoms. The zero-order valence-electron chi connectivity index (χ0n) is 20.7. The van der Waals surface area contributed by atoms with Crippen molar-refractivity contribution in [2.75, 3.05) is 23.4 Å². The van der Waals surface area contributed by atoms with Crippen molar-refractivity contribution in [1.82, 2.24) is 9.97 Å². The fraction of sp³-hybridized carbons (Fsp3) is 0.276. The first kappa shape index (κ1) is 26.3. The van der Waals surface area contributed by atoms with Gasteiger partial charge in [-0.15, -0.1) is 0 Å². The molecule has 1 amide bonds. The predicted molar refractivity (Wildman–Crippen MR) is 147 cm³/mol. The van der Waals surface area contributed by atoms with Crippen LogP contribution in [0, 0.1) is 0 Å². The monoisotopic (exact) mass is 531 g/mol. The van der Waals surface area contributed by atoms with Gasteiger partial charge in [-0.3, -0.25) is 9.78 Å². The smallest absolute Gasteiger partial charge is 0.275 e. The lowest BCUT2D eigenvalue weighted by molar-refractivity contribution is -0.245. The van der Waals surface area contributed by atoms with Gasteiger partial charge in [0.25, 0.3) is 5.91 Å². The molecule has 1 aromatic heterocycles. The summed E-state index contributed by atoms with van der Waals surface area (Å²) >= 11 is 1.65. The van der Waals surface area contributed by atoms with E-state index in [0.717, 1.165) is 28.0 Å². The van der Waals surface area contributed by atoms with Crippen LogP contribution < -0.4 is 5.32 Å². The first-order chi connectivity index (χ1) is 18.6. The Kier molecular flexibility index (Phi) is 8.62. The largest absolute Gasteiger partial charge is 0.396 e. The van der Waals surface area contributed by atoms with Crippen molar-refractivity contribution in [3.8, 4) is 0 Å². The Morgan fingerprint density at radius 1 is 0.947 bits per heavy atom. The molecule has 8 nitrogen and oxygen atoms in total. The lowest BCUT2D eigenvalue weighted by atomic mass is 10.0. The van der Waals surface area contributed by atoms with Gasteiger partial charge >= 0.3 is 0 Å². The van der Waals surface area contributed by atoms with Crippen LogP contribution in [0.3, 0.4) is 0 Å². The van der Waals surface area contributed by atoms with Gasteiger partial charge in [-0.1, -0.05) is 48.5 Å². The molecule has 3 atom stereocenters. The summed E-state index contributed by atoms with van der Waals surface area (Å²) in [6.45, 7) is 0.121. The molecule has 0 aliphatic carbocycles. The van der Waals surface area contributed by atoms with Gasteiger partial charge in [0.05, 0.1) is 42.7 Å². The molecule has 4 aromatic rings. The number of amides is 1. The maximum absolute atomic E-state index is 12.8. The zero-order chi connectivity index (χ0) is 26.3. The third-order valence-corrected chi connectivity index (χ3v) is 7.35. The maximum Gasteiger partial charge on any atom is 0.275 e. The molecular formula is C29H29N3O5S. The minimum absolute atomic E-state index is 0.00566. The third kappa shape index (κ3) is 6.38. The van der Waals surface area contributed by atoms with Crippen LogP contribution in [0.4, 0.5) is 5.69 Å². The lowest BCUT2D eigenvalue weighted by Gasteiger charge is -2.36. The van der Waals surface area contributed by atoms with Crippen molar-refractivity contribution in [3.63, 3.8) is 0 Å². The summed E-state index contributed by atoms with van der Waals surface area (Å²) in [5.41, 5.74) is 4.96. The number of hydrogen-bond donors (Lipinski definition) is 3. The maximum atomic E-state index is 12.8. The standard InChI is InChI=1S/C29H29N3O5S/c33-13-14-38-18-23-15-27(20-7-5-19(17-34)6-8-20)37-29(36-23)21-9-11-22(12-10-21)31-28(35)26-16-30-24-3-1-2-4-25(24)32-26/h1-12,16,23,27,29,33-34H,13-15,17-18H2,(H,31,35)/t23-,27+,29+/m0/s1. The molecule has 38 heavy (non-hydrogen) atoms. The van der Waals surface area contributed by atoms with Gasteiger partial charge in [0.15, 0.2) is 6.29 Å². The second-order valence-corrected chi connectivity index (χ2v) is 10.1. The van der Waals surface area contributed by atoms with Gasteiger partial charge < -0.3 is 25.0 Å². The number of thioether (sulfide) groups is 1. The minimum atomic E-state index is -0.581. The van der Waals surface area contributed by atoms with E-state index < -0.39 is 6.29 Å². The minimum Gasteiger partial charge on any atom is -0.396 e. The molecule has 1 aliphatic rings. The first-order valence-corrected chi connectivity index (χ1v) is 13.6. The van der Waals surface area contributed by atoms with Crippen LogP contribution in [0.15, 0.2) is 79.0 Å². The number of aliphatic hydroxyl groups is 2. The highest BCUT2D eigenvalue weighted by Crippen LogP contribution is 2.39. The van der Waals surface area contributed by atoms with Crippen molar-refractivity contribution in [2.24, 2.45) is 0 Å². The van der Waals surface area contributed by atoms with E-state index in [-0.39, 0.29) is 37.0 Å². The fourth-order valence-electron chi connectivity index (χ4n) is 4.29. The highest BCUT2D eigenvalue weighted by atomic mass is 32.2. The van der Waals surface area contributed by atoms with E-state index in [0.29, 0.717) is 23.4 Å². The summed E-state index contributed by atoms with van der Waals surface area (Å²) in [7, 11) is 0. The number of hydrogen-bond acceptors (Lipinski definition) is 8. The van der Waals surface area contributed by atoms with Crippen LogP contribution in [0.1, 0.15) is 46.0 Å². The van der Waals surface area contributed by atoms with Gasteiger partial charge in [0.1, 0.15) is 5.69 Å². The predicted octanol–water partition coefficient (Wildman–Crippen LogP) is 4.65. The molecule has 196 valence electrons. The summed E-state index contributed by atoms with van der Waals surface area (Å²) < 4.78 is 12.6. The number of nitrogens with one attached hydrogen (secondary N) is 1. The van der Waals surface area contributed by atoms with Crippen LogP contribution >= 0.6 is 11.8 Å². The first-order valence-electron chi connectivity index (χ1n) is 12.5. The Hall–Kier alpha value is -3.34. The second kappa shape index (κ2) is 12.5. The number of carbonyl (C=O) groups excluding carboxylic acids is 1. The molecule has 0 spiro atoms. The van der Waals surface area contributed by atoms with E-state index in [4.69, 9.17) is 14.6 Å². The summed E-state index contributed by atoms with van der Waals surface area (Å²) in [6.07, 6.45) is 1.35. The van der Waals surface area contributed by atoms with Crippen molar-refractivity contribution in [3.05, 3.63) is 101 Å². The molecule has 2 heterocycles. The van der Waals surface area contributed by atoms with E-state index >= 15 is 0 Å². The summed E-state index contributed by atoms with van der Waals surface area (Å²) in [5, 5.41) is 21.4. The van der Waals surface area contributed by atoms with Crippen molar-refractivity contribution in [2.45, 2.75) is 31.5 Å². The Labute approximate surface area is 225 Å². The van der Waals surface area contributed by atoms with E-state index in [1.807, 2.05) is 72.8 Å². The van der Waals surface area contributed by atoms with Crippen LogP contribution in [0.25, 0.3) is 11.0 Å². The van der Waals surface area contributed by atoms with Gasteiger partial charge in [0, 0.05) is 29.2 Å². The van der Waals surface area contributed by atoms with Gasteiger partial charge in [0.2, 0.25) is 0 Å². The number of anilines is 1. The number of nitrogens with zero attached hydrogens (tertiary/aromatic N) is 2. The van der Waals surface area contributed by atoms with Gasteiger partial charge in [-0.2, -0.15) is 11.8 Å². The summed E-state index contributed by atoms with van der Waals surface area (Å²) in [6, 6.07) is 22.5. The highest BCUT2D eigenvalue weighted by Gasteiger charge is 2.32. The highest BCUT2D eigenvalue weighted by molar-refractivity contribution is 7.99. The fourth-order valence-corrected chi connectivity index (χ4v) is 5.06. The average molecular weight is 532 g/mol. The van der Waals surface area contributed by atoms with Crippen molar-refractivity contribution >= 4 is 34.4 Å². The van der Waals surface area contributed by atoms with Crippen LogP contribution in [0.2, 0.25) is 0 Å². The summed E-state index contributed by atoms with van der Waals surface area (Å²) in [4.78, 5) is 21.5. The molecule has 1 aliphatic heterocycles. The van der Waals surface area contributed by atoms with E-state index in [1.165, 1.54) is 6.20 Å². The molecule has 5 rings (SSSR count). The topological polar surface area (TPSA) is 114 Å². The van der Waals surface area contributed by atoms with E-state index in [2.05, 4.69) is 15.3 Å². The van der Waals surface area contributed by atoms with Crippen LogP contribution in [-0.2, 0) is 16.1 Å². The van der Waals surface area contributed by atoms with Gasteiger partial charge in [-0.05, 0) is 35.4 Å². The Bertz CT molecular complexity index is 1370. The number of fused-ring (bicyclic) bond motifs is 1. The zero-order valence-corrected chi connectivity index (χ0v) is 21.5. The number of ether oxygens (including phenoxy) is 2. The third-order valence-electron chi connectivity index (χ3n) is 6.28. The Balaban J connectivity index is 1.29. The van der Waals surface area contributed by atoms with Crippen molar-refractivity contribution < 1.29 is 24.5 Å². The second-order valence-electron chi connectivity index (χ2n) is 8.97. The molecule has 3 N–H and O–H groups in total. The molecule has 1 fully saturated rings. The molecule has 1 saturated heterocycles. The SMILES string of the molecule is O=C(Nc1ccc([C@@H]2O[C@H](CSCCO)C[C@H](c3ccc(CO)cc3)O2)cc1)c1cnc2ccccc2n1. The van der Waals surface area contributed by atoms with E-state index in [9.17, 15) is 9.90 Å². The average Bonchev–Trinajstić information content (AvgIpc) is 2.97. The number of aliphatic hydroxyl groups excluding tert-OH is 2. The molecule has 0 radical (unpaired) electrons. The molecule has 0 saturated carbocycles. The number of carbonyl (C=O) groups is 1. The van der Waals surface area contributed by atoms with Gasteiger partial charge in [-0.25, -0.2) is 4.98 Å². The molecule has 0 unspecified atom stereocenters. The Morgan fingerprint density at radius 2 is 1.68 bits per heavy atom.